The number of piperidine rings is 1. The number of amides is 1. The summed E-state index contributed by atoms with van der Waals surface area (Å²) < 4.78 is 5.45. The van der Waals surface area contributed by atoms with Gasteiger partial charge in [0.25, 0.3) is 0 Å². The highest BCUT2D eigenvalue weighted by Gasteiger charge is 2.58. The van der Waals surface area contributed by atoms with Crippen molar-refractivity contribution in [2.45, 2.75) is 56.4 Å². The first-order valence-corrected chi connectivity index (χ1v) is 9.69. The van der Waals surface area contributed by atoms with Crippen LogP contribution in [0.4, 0.5) is 0 Å². The van der Waals surface area contributed by atoms with Gasteiger partial charge in [0.05, 0.1) is 13.2 Å². The summed E-state index contributed by atoms with van der Waals surface area (Å²) in [6, 6.07) is 5.68. The predicted octanol–water partition coefficient (Wildman–Crippen LogP) is 3.33. The summed E-state index contributed by atoms with van der Waals surface area (Å²) in [5.74, 6) is 1.69. The molecule has 1 aliphatic heterocycles. The van der Waals surface area contributed by atoms with Gasteiger partial charge >= 0.3 is 0 Å². The van der Waals surface area contributed by atoms with E-state index in [4.69, 9.17) is 4.74 Å². The van der Waals surface area contributed by atoms with Crippen molar-refractivity contribution in [1.29, 1.82) is 0 Å². The van der Waals surface area contributed by atoms with Gasteiger partial charge in [-0.1, -0.05) is 12.8 Å². The van der Waals surface area contributed by atoms with Crippen LogP contribution in [0.25, 0.3) is 0 Å². The molecular formula is C21H25NO3. The summed E-state index contributed by atoms with van der Waals surface area (Å²) in [7, 11) is 1.68. The molecule has 4 heteroatoms. The van der Waals surface area contributed by atoms with Crippen molar-refractivity contribution in [3.8, 4) is 5.75 Å². The third-order valence-corrected chi connectivity index (χ3v) is 7.12. The summed E-state index contributed by atoms with van der Waals surface area (Å²) in [5, 5.41) is 0. The summed E-state index contributed by atoms with van der Waals surface area (Å²) in [4.78, 5) is 28.2. The Labute approximate surface area is 148 Å². The number of carbonyl (C=O) groups excluding carboxylic acids is 2. The fourth-order valence-electron chi connectivity index (χ4n) is 5.75. The van der Waals surface area contributed by atoms with Crippen LogP contribution in [0.1, 0.15) is 60.9 Å². The smallest absolute Gasteiger partial charge is 0.226 e. The van der Waals surface area contributed by atoms with Crippen LogP contribution in [0.5, 0.6) is 5.75 Å². The number of methoxy groups -OCH3 is 1. The standard InChI is InChI=1S/C21H25NO3/c1-25-14-7-8-15-17(12-14)21-9-3-2-4-16(21)18(19(15)23)22(11-10-21)20(24)13-5-6-13/h7-8,12-13,16,18H,2-6,9-11H2,1H3/t16-,18-,21+/m0/s1. The van der Waals surface area contributed by atoms with E-state index in [1.807, 2.05) is 17.0 Å². The Kier molecular flexibility index (Phi) is 3.28. The lowest BCUT2D eigenvalue weighted by Crippen LogP contribution is -2.64. The van der Waals surface area contributed by atoms with E-state index >= 15 is 0 Å². The monoisotopic (exact) mass is 339 g/mol. The van der Waals surface area contributed by atoms with Gasteiger partial charge in [-0.2, -0.15) is 0 Å². The first-order valence-electron chi connectivity index (χ1n) is 9.69. The van der Waals surface area contributed by atoms with Crippen LogP contribution in [0.2, 0.25) is 0 Å². The molecule has 1 heterocycles. The average Bonchev–Trinajstić information content (AvgIpc) is 3.50. The Bertz CT molecular complexity index is 754. The summed E-state index contributed by atoms with van der Waals surface area (Å²) >= 11 is 0. The van der Waals surface area contributed by atoms with E-state index in [1.54, 1.807) is 7.11 Å². The number of fused-ring (bicyclic) bond motifs is 1. The van der Waals surface area contributed by atoms with Crippen molar-refractivity contribution in [3.63, 3.8) is 0 Å². The molecule has 0 radical (unpaired) electrons. The SMILES string of the molecule is COc1ccc2c(c1)[C@@]13CCCC[C@H]1[C@@H](C2=O)N(C(=O)C1CC1)CC3. The van der Waals surface area contributed by atoms with Gasteiger partial charge in [0, 0.05) is 23.4 Å². The minimum atomic E-state index is -0.233. The summed E-state index contributed by atoms with van der Waals surface area (Å²) in [6.07, 6.45) is 7.56. The molecule has 0 unspecified atom stereocenters. The fourth-order valence-corrected chi connectivity index (χ4v) is 5.75. The molecule has 1 amide bonds. The Hall–Kier alpha value is -1.84. The van der Waals surface area contributed by atoms with Crippen LogP contribution >= 0.6 is 0 Å². The van der Waals surface area contributed by atoms with E-state index in [0.29, 0.717) is 0 Å². The van der Waals surface area contributed by atoms with E-state index < -0.39 is 0 Å². The number of carbonyl (C=O) groups is 2. The molecule has 3 aliphatic carbocycles. The van der Waals surface area contributed by atoms with Crippen LogP contribution in [-0.4, -0.2) is 36.3 Å². The van der Waals surface area contributed by atoms with Gasteiger partial charge in [-0.15, -0.1) is 0 Å². The topological polar surface area (TPSA) is 46.6 Å². The highest BCUT2D eigenvalue weighted by atomic mass is 16.5. The number of hydrogen-bond acceptors (Lipinski definition) is 3. The molecule has 2 bridgehead atoms. The Balaban J connectivity index is 1.65. The van der Waals surface area contributed by atoms with Crippen LogP contribution in [-0.2, 0) is 10.2 Å². The van der Waals surface area contributed by atoms with Crippen LogP contribution in [0.3, 0.4) is 0 Å². The molecule has 25 heavy (non-hydrogen) atoms. The molecule has 0 spiro atoms. The molecule has 132 valence electrons. The van der Waals surface area contributed by atoms with Crippen molar-refractivity contribution in [1.82, 2.24) is 4.90 Å². The first-order chi connectivity index (χ1) is 12.2. The largest absolute Gasteiger partial charge is 0.497 e. The molecule has 1 aromatic rings. The molecular weight excluding hydrogens is 314 g/mol. The molecule has 0 N–H and O–H groups in total. The summed E-state index contributed by atoms with van der Waals surface area (Å²) in [5.41, 5.74) is 2.08. The molecule has 4 aliphatic rings. The average molecular weight is 339 g/mol. The van der Waals surface area contributed by atoms with Gasteiger partial charge in [0.1, 0.15) is 5.75 Å². The number of benzene rings is 1. The third kappa shape index (κ3) is 2.06. The number of nitrogens with zero attached hydrogens (tertiary/aromatic N) is 1. The molecule has 3 atom stereocenters. The number of rotatable bonds is 2. The Morgan fingerprint density at radius 2 is 2.04 bits per heavy atom. The molecule has 1 saturated heterocycles. The molecule has 2 saturated carbocycles. The van der Waals surface area contributed by atoms with Crippen LogP contribution in [0.15, 0.2) is 18.2 Å². The van der Waals surface area contributed by atoms with Crippen molar-refractivity contribution >= 4 is 11.7 Å². The third-order valence-electron chi connectivity index (χ3n) is 7.12. The normalized spacial score (nSPS) is 33.5. The second-order valence-corrected chi connectivity index (χ2v) is 8.28. The van der Waals surface area contributed by atoms with Gasteiger partial charge < -0.3 is 9.64 Å². The number of hydrogen-bond donors (Lipinski definition) is 0. The molecule has 1 aromatic carbocycles. The van der Waals surface area contributed by atoms with Gasteiger partial charge in [-0.3, -0.25) is 9.59 Å². The van der Waals surface area contributed by atoms with E-state index in [-0.39, 0.29) is 35.0 Å². The van der Waals surface area contributed by atoms with Gasteiger partial charge in [0.2, 0.25) is 5.91 Å². The molecule has 5 rings (SSSR count). The minimum Gasteiger partial charge on any atom is -0.497 e. The van der Waals surface area contributed by atoms with E-state index in [2.05, 4.69) is 6.07 Å². The van der Waals surface area contributed by atoms with Crippen LogP contribution in [0, 0.1) is 11.8 Å². The quantitative estimate of drug-likeness (QED) is 0.830. The number of ether oxygens (including phenoxy) is 1. The fraction of sp³-hybridized carbons (Fsp3) is 0.619. The second kappa shape index (κ2) is 5.33. The number of Topliss-reactive ketones (excluding diaryl/α,β-unsaturated/α-hetero) is 1. The first kappa shape index (κ1) is 15.4. The Morgan fingerprint density at radius 3 is 2.80 bits per heavy atom. The van der Waals surface area contributed by atoms with Gasteiger partial charge in [-0.05, 0) is 61.8 Å². The van der Waals surface area contributed by atoms with Crippen molar-refractivity contribution in [2.75, 3.05) is 13.7 Å². The van der Waals surface area contributed by atoms with Crippen LogP contribution < -0.4 is 4.74 Å². The number of ketones is 1. The van der Waals surface area contributed by atoms with E-state index in [0.717, 1.165) is 50.0 Å². The lowest BCUT2D eigenvalue weighted by molar-refractivity contribution is -0.139. The Morgan fingerprint density at radius 1 is 1.20 bits per heavy atom. The van der Waals surface area contributed by atoms with Crippen molar-refractivity contribution in [3.05, 3.63) is 29.3 Å². The van der Waals surface area contributed by atoms with Gasteiger partial charge in [-0.25, -0.2) is 0 Å². The van der Waals surface area contributed by atoms with Crippen molar-refractivity contribution in [2.24, 2.45) is 11.8 Å². The molecule has 3 fully saturated rings. The maximum Gasteiger partial charge on any atom is 0.226 e. The molecule has 4 nitrogen and oxygen atoms in total. The maximum atomic E-state index is 13.4. The zero-order valence-corrected chi connectivity index (χ0v) is 14.8. The lowest BCUT2D eigenvalue weighted by Gasteiger charge is -2.58. The highest BCUT2D eigenvalue weighted by Crippen LogP contribution is 2.56. The number of likely N-dealkylation sites (tertiary alicyclic amines) is 1. The van der Waals surface area contributed by atoms with Gasteiger partial charge in [0.15, 0.2) is 5.78 Å². The zero-order valence-electron chi connectivity index (χ0n) is 14.8. The predicted molar refractivity (Wildman–Crippen MR) is 93.8 cm³/mol. The highest BCUT2D eigenvalue weighted by molar-refractivity contribution is 6.05. The maximum absolute atomic E-state index is 13.4. The lowest BCUT2D eigenvalue weighted by atomic mass is 9.52. The molecule has 0 aromatic heterocycles. The second-order valence-electron chi connectivity index (χ2n) is 8.28. The van der Waals surface area contributed by atoms with Crippen molar-refractivity contribution < 1.29 is 14.3 Å². The minimum absolute atomic E-state index is 0.0566. The summed E-state index contributed by atoms with van der Waals surface area (Å²) in [6.45, 7) is 0.735. The van der Waals surface area contributed by atoms with E-state index in [9.17, 15) is 9.59 Å². The van der Waals surface area contributed by atoms with E-state index in [1.165, 1.54) is 18.4 Å². The zero-order chi connectivity index (χ0) is 17.2.